The van der Waals surface area contributed by atoms with Gasteiger partial charge in [-0.15, -0.1) is 0 Å². The molecule has 0 aliphatic carbocycles. The van der Waals surface area contributed by atoms with Gasteiger partial charge in [-0.1, -0.05) is 13.8 Å². The van der Waals surface area contributed by atoms with Crippen LogP contribution in [0.15, 0.2) is 0 Å². The molecule has 3 aliphatic heterocycles. The van der Waals surface area contributed by atoms with E-state index in [1.165, 1.54) is 32.4 Å². The van der Waals surface area contributed by atoms with Gasteiger partial charge in [0.15, 0.2) is 0 Å². The molecule has 1 N–H and O–H groups in total. The van der Waals surface area contributed by atoms with E-state index in [0.717, 1.165) is 32.5 Å². The molecule has 20 heavy (non-hydrogen) atoms. The van der Waals surface area contributed by atoms with Gasteiger partial charge in [-0.25, -0.2) is 0 Å². The van der Waals surface area contributed by atoms with E-state index in [1.54, 1.807) is 0 Å². The van der Waals surface area contributed by atoms with Crippen molar-refractivity contribution in [3.05, 3.63) is 0 Å². The van der Waals surface area contributed by atoms with Gasteiger partial charge in [0, 0.05) is 25.7 Å². The molecule has 0 spiro atoms. The Labute approximate surface area is 122 Å². The van der Waals surface area contributed by atoms with Crippen LogP contribution in [0.25, 0.3) is 0 Å². The number of carbonyl (C=O) groups excluding carboxylic acids is 1. The Balaban J connectivity index is 1.69. The molecule has 4 heteroatoms. The highest BCUT2D eigenvalue weighted by Gasteiger charge is 2.40. The highest BCUT2D eigenvalue weighted by Crippen LogP contribution is 2.32. The number of amides is 1. The summed E-state index contributed by atoms with van der Waals surface area (Å²) in [4.78, 5) is 17.7. The van der Waals surface area contributed by atoms with E-state index in [1.807, 2.05) is 0 Å². The summed E-state index contributed by atoms with van der Waals surface area (Å²) in [5.74, 6) is 0.350. The maximum atomic E-state index is 13.0. The van der Waals surface area contributed by atoms with Gasteiger partial charge < -0.3 is 10.2 Å². The molecule has 0 aromatic heterocycles. The molecular formula is C16H29N3O. The zero-order chi connectivity index (χ0) is 14.2. The summed E-state index contributed by atoms with van der Waals surface area (Å²) in [5.41, 5.74) is 0.0942. The zero-order valence-electron chi connectivity index (χ0n) is 13.0. The Morgan fingerprint density at radius 3 is 2.75 bits per heavy atom. The molecule has 0 saturated carbocycles. The van der Waals surface area contributed by atoms with Crippen LogP contribution in [0.2, 0.25) is 0 Å². The van der Waals surface area contributed by atoms with Crippen molar-refractivity contribution < 1.29 is 4.79 Å². The van der Waals surface area contributed by atoms with Crippen molar-refractivity contribution >= 4 is 5.91 Å². The normalized spacial score (nSPS) is 34.6. The lowest BCUT2D eigenvalue weighted by Gasteiger charge is -2.41. The van der Waals surface area contributed by atoms with Crippen LogP contribution in [0, 0.1) is 5.41 Å². The van der Waals surface area contributed by atoms with Crippen molar-refractivity contribution in [1.82, 2.24) is 15.1 Å². The molecule has 0 aromatic carbocycles. The summed E-state index contributed by atoms with van der Waals surface area (Å²) in [6.07, 6.45) is 6.05. The molecule has 0 radical (unpaired) electrons. The van der Waals surface area contributed by atoms with Crippen LogP contribution < -0.4 is 5.32 Å². The lowest BCUT2D eigenvalue weighted by atomic mass is 9.77. The van der Waals surface area contributed by atoms with Crippen molar-refractivity contribution in [2.75, 3.05) is 32.7 Å². The van der Waals surface area contributed by atoms with Gasteiger partial charge in [0.1, 0.15) is 0 Å². The minimum atomic E-state index is 0.0178. The van der Waals surface area contributed by atoms with Crippen LogP contribution in [0.3, 0.4) is 0 Å². The number of hydrogen-bond donors (Lipinski definition) is 1. The summed E-state index contributed by atoms with van der Waals surface area (Å²) < 4.78 is 0. The molecule has 2 unspecified atom stereocenters. The lowest BCUT2D eigenvalue weighted by Crippen LogP contribution is -2.57. The third kappa shape index (κ3) is 2.73. The molecule has 114 valence electrons. The Morgan fingerprint density at radius 2 is 1.95 bits per heavy atom. The predicted octanol–water partition coefficient (Wildman–Crippen LogP) is 1.46. The molecule has 2 atom stereocenters. The molecule has 3 saturated heterocycles. The van der Waals surface area contributed by atoms with Crippen molar-refractivity contribution in [2.24, 2.45) is 5.41 Å². The van der Waals surface area contributed by atoms with E-state index in [0.29, 0.717) is 11.9 Å². The summed E-state index contributed by atoms with van der Waals surface area (Å²) in [5, 5.41) is 3.48. The Kier molecular flexibility index (Phi) is 4.04. The minimum absolute atomic E-state index is 0.0178. The quantitative estimate of drug-likeness (QED) is 0.789. The first-order chi connectivity index (χ1) is 9.58. The van der Waals surface area contributed by atoms with Crippen LogP contribution in [0.5, 0.6) is 0 Å². The molecule has 3 heterocycles. The summed E-state index contributed by atoms with van der Waals surface area (Å²) in [6.45, 7) is 9.77. The van der Waals surface area contributed by atoms with Crippen LogP contribution in [-0.4, -0.2) is 60.5 Å². The van der Waals surface area contributed by atoms with Crippen molar-refractivity contribution in [2.45, 2.75) is 58.0 Å². The van der Waals surface area contributed by atoms with Crippen LogP contribution >= 0.6 is 0 Å². The SMILES string of the molecule is CC1(C)CCCNC1C(=O)N1CCCN2CCCC2C1. The molecule has 4 nitrogen and oxygen atoms in total. The Morgan fingerprint density at radius 1 is 1.15 bits per heavy atom. The fraction of sp³-hybridized carbons (Fsp3) is 0.938. The van der Waals surface area contributed by atoms with Crippen molar-refractivity contribution in [1.29, 1.82) is 0 Å². The van der Waals surface area contributed by atoms with Crippen LogP contribution in [0.4, 0.5) is 0 Å². The third-order valence-electron chi connectivity index (χ3n) is 5.49. The smallest absolute Gasteiger partial charge is 0.240 e. The van der Waals surface area contributed by atoms with Crippen molar-refractivity contribution in [3.63, 3.8) is 0 Å². The first-order valence-corrected chi connectivity index (χ1v) is 8.34. The zero-order valence-corrected chi connectivity index (χ0v) is 13.0. The van der Waals surface area contributed by atoms with Gasteiger partial charge in [-0.3, -0.25) is 9.69 Å². The number of nitrogens with one attached hydrogen (secondary N) is 1. The molecule has 1 amide bonds. The third-order valence-corrected chi connectivity index (χ3v) is 5.49. The number of nitrogens with zero attached hydrogens (tertiary/aromatic N) is 2. The number of hydrogen-bond acceptors (Lipinski definition) is 3. The number of carbonyl (C=O) groups is 1. The predicted molar refractivity (Wildman–Crippen MR) is 80.6 cm³/mol. The van der Waals surface area contributed by atoms with E-state index in [9.17, 15) is 4.79 Å². The largest absolute Gasteiger partial charge is 0.340 e. The number of fused-ring (bicyclic) bond motifs is 1. The first-order valence-electron chi connectivity index (χ1n) is 8.34. The van der Waals surface area contributed by atoms with E-state index in [4.69, 9.17) is 0 Å². The van der Waals surface area contributed by atoms with E-state index < -0.39 is 0 Å². The molecule has 3 rings (SSSR count). The van der Waals surface area contributed by atoms with Gasteiger partial charge in [0.05, 0.1) is 6.04 Å². The maximum Gasteiger partial charge on any atom is 0.240 e. The fourth-order valence-electron chi connectivity index (χ4n) is 4.22. The lowest BCUT2D eigenvalue weighted by molar-refractivity contribution is -0.137. The van der Waals surface area contributed by atoms with Gasteiger partial charge in [0.25, 0.3) is 0 Å². The van der Waals surface area contributed by atoms with E-state index >= 15 is 0 Å². The average Bonchev–Trinajstić information content (AvgIpc) is 2.75. The number of piperidine rings is 1. The van der Waals surface area contributed by atoms with Crippen LogP contribution in [-0.2, 0) is 4.79 Å². The van der Waals surface area contributed by atoms with Crippen molar-refractivity contribution in [3.8, 4) is 0 Å². The average molecular weight is 279 g/mol. The number of rotatable bonds is 1. The van der Waals surface area contributed by atoms with E-state index in [2.05, 4.69) is 29.0 Å². The van der Waals surface area contributed by atoms with Gasteiger partial charge in [-0.05, 0) is 50.6 Å². The minimum Gasteiger partial charge on any atom is -0.340 e. The second-order valence-electron chi connectivity index (χ2n) is 7.45. The summed E-state index contributed by atoms with van der Waals surface area (Å²) in [6, 6.07) is 0.636. The summed E-state index contributed by atoms with van der Waals surface area (Å²) in [7, 11) is 0. The fourth-order valence-corrected chi connectivity index (χ4v) is 4.22. The first kappa shape index (κ1) is 14.3. The molecular weight excluding hydrogens is 250 g/mol. The Hall–Kier alpha value is -0.610. The highest BCUT2D eigenvalue weighted by molar-refractivity contribution is 5.83. The molecule has 3 fully saturated rings. The van der Waals surface area contributed by atoms with E-state index in [-0.39, 0.29) is 11.5 Å². The topological polar surface area (TPSA) is 35.6 Å². The monoisotopic (exact) mass is 279 g/mol. The maximum absolute atomic E-state index is 13.0. The molecule has 0 bridgehead atoms. The Bertz CT molecular complexity index is 369. The standard InChI is InChI=1S/C16H29N3O/c1-16(2)7-4-8-17-14(16)15(20)19-11-5-10-18-9-3-6-13(18)12-19/h13-14,17H,3-12H2,1-2H3. The molecule has 0 aromatic rings. The molecule has 3 aliphatic rings. The van der Waals surface area contributed by atoms with Crippen LogP contribution in [0.1, 0.15) is 46.0 Å². The summed E-state index contributed by atoms with van der Waals surface area (Å²) >= 11 is 0. The van der Waals surface area contributed by atoms with Gasteiger partial charge >= 0.3 is 0 Å². The second kappa shape index (κ2) is 5.64. The second-order valence-corrected chi connectivity index (χ2v) is 7.45. The van der Waals surface area contributed by atoms with Gasteiger partial charge in [0.2, 0.25) is 5.91 Å². The highest BCUT2D eigenvalue weighted by atomic mass is 16.2. The van der Waals surface area contributed by atoms with Gasteiger partial charge in [-0.2, -0.15) is 0 Å².